The fourth-order valence-electron chi connectivity index (χ4n) is 4.46. The molecule has 0 spiro atoms. The first-order valence-corrected chi connectivity index (χ1v) is 14.8. The van der Waals surface area contributed by atoms with Gasteiger partial charge in [-0.2, -0.15) is 5.10 Å². The van der Waals surface area contributed by atoms with E-state index in [1.165, 1.54) is 18.1 Å². The first-order valence-electron chi connectivity index (χ1n) is 12.8. The Kier molecular flexibility index (Phi) is 8.29. The molecule has 2 aromatic carbocycles. The van der Waals surface area contributed by atoms with E-state index in [2.05, 4.69) is 54.9 Å². The molecule has 0 saturated heterocycles. The minimum atomic E-state index is -3.01. The van der Waals surface area contributed by atoms with Gasteiger partial charge in [0.15, 0.2) is 5.76 Å². The molecular formula is C29H28ClN7O3S. The quantitative estimate of drug-likeness (QED) is 0.213. The van der Waals surface area contributed by atoms with Crippen molar-refractivity contribution in [3.8, 4) is 11.5 Å². The molecular weight excluding hydrogens is 562 g/mol. The summed E-state index contributed by atoms with van der Waals surface area (Å²) in [5, 5.41) is 12.9. The summed E-state index contributed by atoms with van der Waals surface area (Å²) in [6, 6.07) is 22.0. The van der Waals surface area contributed by atoms with Crippen LogP contribution in [-0.4, -0.2) is 51.7 Å². The number of furan rings is 1. The van der Waals surface area contributed by atoms with E-state index < -0.39 is 9.84 Å². The second-order valence-corrected chi connectivity index (χ2v) is 11.8. The number of nitrogens with zero attached hydrogens (tertiary/aromatic N) is 5. The average Bonchev–Trinajstić information content (AvgIpc) is 3.58. The van der Waals surface area contributed by atoms with E-state index in [-0.39, 0.29) is 18.2 Å². The van der Waals surface area contributed by atoms with Gasteiger partial charge in [-0.1, -0.05) is 30.3 Å². The Morgan fingerprint density at radius 2 is 1.80 bits per heavy atom. The first-order chi connectivity index (χ1) is 19.4. The highest BCUT2D eigenvalue weighted by molar-refractivity contribution is 7.90. The van der Waals surface area contributed by atoms with Crippen LogP contribution in [0.5, 0.6) is 0 Å². The molecule has 4 heterocycles. The number of rotatable bonds is 10. The molecule has 12 heteroatoms. The first kappa shape index (κ1) is 28.2. The van der Waals surface area contributed by atoms with Crippen molar-refractivity contribution < 1.29 is 12.8 Å². The fourth-order valence-corrected chi connectivity index (χ4v) is 4.97. The summed E-state index contributed by atoms with van der Waals surface area (Å²) in [5.41, 5.74) is 4.47. The lowest BCUT2D eigenvalue weighted by Gasteiger charge is -2.10. The molecule has 0 amide bonds. The van der Waals surface area contributed by atoms with Gasteiger partial charge in [0, 0.05) is 29.3 Å². The molecule has 0 fully saturated rings. The Bertz CT molecular complexity index is 1910. The molecule has 10 nitrogen and oxygen atoms in total. The fraction of sp³-hybridized carbons (Fsp3) is 0.172. The number of sulfone groups is 1. The number of fused-ring (bicyclic) bond motifs is 2. The monoisotopic (exact) mass is 589 g/mol. The molecule has 0 aliphatic rings. The summed E-state index contributed by atoms with van der Waals surface area (Å²) in [5.74, 6) is 2.02. The lowest BCUT2D eigenvalue weighted by atomic mass is 10.2. The van der Waals surface area contributed by atoms with Gasteiger partial charge in [0.05, 0.1) is 42.3 Å². The summed E-state index contributed by atoms with van der Waals surface area (Å²) in [6.45, 7) is 1.48. The number of halogens is 1. The van der Waals surface area contributed by atoms with E-state index in [9.17, 15) is 8.42 Å². The SMILES string of the molecule is CS(=O)(=O)CCNCc1ccc(-c2cc3c(Nc4ccc5c(cnn5Cc5ccccc5)c4)ncnc3cn2)o1.Cl. The van der Waals surface area contributed by atoms with Crippen LogP contribution in [-0.2, 0) is 22.9 Å². The predicted octanol–water partition coefficient (Wildman–Crippen LogP) is 4.98. The van der Waals surface area contributed by atoms with Gasteiger partial charge < -0.3 is 15.1 Å². The summed E-state index contributed by atoms with van der Waals surface area (Å²) >= 11 is 0. The zero-order chi connectivity index (χ0) is 27.5. The summed E-state index contributed by atoms with van der Waals surface area (Å²) in [7, 11) is -3.01. The maximum Gasteiger partial charge on any atom is 0.152 e. The van der Waals surface area contributed by atoms with Crippen molar-refractivity contribution in [2.45, 2.75) is 13.1 Å². The molecule has 0 atom stereocenters. The summed E-state index contributed by atoms with van der Waals surface area (Å²) in [6.07, 6.45) is 6.29. The molecule has 0 saturated carbocycles. The molecule has 6 rings (SSSR count). The number of nitrogens with one attached hydrogen (secondary N) is 2. The zero-order valence-corrected chi connectivity index (χ0v) is 23.8. The lowest BCUT2D eigenvalue weighted by Crippen LogP contribution is -2.21. The lowest BCUT2D eigenvalue weighted by molar-refractivity contribution is 0.496. The normalized spacial score (nSPS) is 11.5. The third kappa shape index (κ3) is 6.71. The number of benzene rings is 2. The Balaban J connectivity index is 0.00000337. The van der Waals surface area contributed by atoms with Crippen LogP contribution < -0.4 is 10.6 Å². The molecule has 41 heavy (non-hydrogen) atoms. The van der Waals surface area contributed by atoms with Gasteiger partial charge in [-0.05, 0) is 42.0 Å². The minimum absolute atomic E-state index is 0. The highest BCUT2D eigenvalue weighted by atomic mass is 35.5. The van der Waals surface area contributed by atoms with Gasteiger partial charge in [-0.3, -0.25) is 9.67 Å². The molecule has 0 unspecified atom stereocenters. The van der Waals surface area contributed by atoms with Crippen LogP contribution >= 0.6 is 12.4 Å². The van der Waals surface area contributed by atoms with Crippen LogP contribution in [0.1, 0.15) is 11.3 Å². The molecule has 0 radical (unpaired) electrons. The number of pyridine rings is 1. The van der Waals surface area contributed by atoms with E-state index in [4.69, 9.17) is 4.42 Å². The van der Waals surface area contributed by atoms with Crippen molar-refractivity contribution in [1.29, 1.82) is 0 Å². The second-order valence-electron chi connectivity index (χ2n) is 9.57. The largest absolute Gasteiger partial charge is 0.458 e. The van der Waals surface area contributed by atoms with Crippen LogP contribution in [0.15, 0.2) is 89.9 Å². The summed E-state index contributed by atoms with van der Waals surface area (Å²) < 4.78 is 30.6. The molecule has 0 aliphatic carbocycles. The molecule has 6 aromatic rings. The van der Waals surface area contributed by atoms with Crippen molar-refractivity contribution in [3.05, 3.63) is 96.8 Å². The highest BCUT2D eigenvalue weighted by Gasteiger charge is 2.12. The van der Waals surface area contributed by atoms with Gasteiger partial charge in [0.1, 0.15) is 33.4 Å². The Hall–Kier alpha value is -4.32. The van der Waals surface area contributed by atoms with Crippen molar-refractivity contribution >= 4 is 55.6 Å². The van der Waals surface area contributed by atoms with Crippen LogP contribution in [0.3, 0.4) is 0 Å². The maximum atomic E-state index is 11.3. The third-order valence-electron chi connectivity index (χ3n) is 6.46. The van der Waals surface area contributed by atoms with Gasteiger partial charge >= 0.3 is 0 Å². The topological polar surface area (TPSA) is 128 Å². The van der Waals surface area contributed by atoms with E-state index >= 15 is 0 Å². The number of hydrogen-bond acceptors (Lipinski definition) is 9. The van der Waals surface area contributed by atoms with Gasteiger partial charge in [-0.25, -0.2) is 18.4 Å². The van der Waals surface area contributed by atoms with Crippen LogP contribution in [0.4, 0.5) is 11.5 Å². The number of hydrogen-bond donors (Lipinski definition) is 2. The Labute approximate surface area is 243 Å². The van der Waals surface area contributed by atoms with Crippen molar-refractivity contribution in [2.24, 2.45) is 0 Å². The third-order valence-corrected chi connectivity index (χ3v) is 7.41. The zero-order valence-electron chi connectivity index (χ0n) is 22.2. The van der Waals surface area contributed by atoms with Gasteiger partial charge in [0.2, 0.25) is 0 Å². The van der Waals surface area contributed by atoms with Crippen LogP contribution in [0.25, 0.3) is 33.3 Å². The number of aromatic nitrogens is 5. The van der Waals surface area contributed by atoms with E-state index in [1.807, 2.05) is 53.3 Å². The van der Waals surface area contributed by atoms with Gasteiger partial charge in [0.25, 0.3) is 0 Å². The number of anilines is 2. The second kappa shape index (κ2) is 12.0. The van der Waals surface area contributed by atoms with Crippen molar-refractivity contribution in [2.75, 3.05) is 23.9 Å². The van der Waals surface area contributed by atoms with E-state index in [0.717, 1.165) is 22.0 Å². The maximum absolute atomic E-state index is 11.3. The van der Waals surface area contributed by atoms with Crippen molar-refractivity contribution in [3.63, 3.8) is 0 Å². The van der Waals surface area contributed by atoms with Gasteiger partial charge in [-0.15, -0.1) is 12.4 Å². The van der Waals surface area contributed by atoms with E-state index in [1.54, 1.807) is 6.20 Å². The minimum Gasteiger partial charge on any atom is -0.458 e. The predicted molar refractivity (Wildman–Crippen MR) is 162 cm³/mol. The molecule has 210 valence electrons. The Morgan fingerprint density at radius 1 is 0.951 bits per heavy atom. The molecule has 0 bridgehead atoms. The van der Waals surface area contributed by atoms with Crippen LogP contribution in [0, 0.1) is 0 Å². The molecule has 0 aliphatic heterocycles. The van der Waals surface area contributed by atoms with Crippen LogP contribution in [0.2, 0.25) is 0 Å². The Morgan fingerprint density at radius 3 is 2.63 bits per heavy atom. The van der Waals surface area contributed by atoms with E-state index in [0.29, 0.717) is 48.2 Å². The standard InChI is InChI=1S/C29H27N7O3S.ClH/c1-40(37,38)12-11-30-16-23-8-10-28(39-23)25-14-24-26(17-31-25)32-19-33-29(24)35-22-7-9-27-21(13-22)15-34-36(27)18-20-5-3-2-4-6-20;/h2-10,13-15,17,19,30H,11-12,16,18H2,1H3,(H,32,33,35);1H. The molecule has 2 N–H and O–H groups in total. The highest BCUT2D eigenvalue weighted by Crippen LogP contribution is 2.29. The summed E-state index contributed by atoms with van der Waals surface area (Å²) in [4.78, 5) is 13.4. The average molecular weight is 590 g/mol. The molecule has 4 aromatic heterocycles. The van der Waals surface area contributed by atoms with Crippen molar-refractivity contribution in [1.82, 2.24) is 30.0 Å². The smallest absolute Gasteiger partial charge is 0.152 e.